The number of carboxylic acids is 1. The Bertz CT molecular complexity index is 1420. The summed E-state index contributed by atoms with van der Waals surface area (Å²) in [6.07, 6.45) is 1.24. The number of carboxylic acid groups (broad SMARTS) is 1. The molecule has 0 saturated heterocycles. The van der Waals surface area contributed by atoms with Crippen LogP contribution in [0.5, 0.6) is 0 Å². The SMILES string of the molecule is CC(C)(C)C1CCC2(CC1)N=C(c1cccc(C(F)(F)F)c1)C(=O)N2[C@@H](c1ccc(C(=O)NCCC(=O)O)cn1)C1CC1. The fraction of sp³-hybridized carbons (Fsp3) is 0.531. The summed E-state index contributed by atoms with van der Waals surface area (Å²) < 4.78 is 40.8. The van der Waals surface area contributed by atoms with E-state index in [2.05, 4.69) is 31.1 Å². The van der Waals surface area contributed by atoms with Crippen molar-refractivity contribution in [2.45, 2.75) is 83.6 Å². The molecule has 3 aliphatic rings. The van der Waals surface area contributed by atoms with E-state index in [1.54, 1.807) is 17.0 Å². The van der Waals surface area contributed by atoms with Gasteiger partial charge in [0.1, 0.15) is 11.4 Å². The van der Waals surface area contributed by atoms with Gasteiger partial charge in [-0.05, 0) is 80.0 Å². The fourth-order valence-corrected chi connectivity index (χ4v) is 6.42. The van der Waals surface area contributed by atoms with E-state index in [1.807, 2.05) is 0 Å². The van der Waals surface area contributed by atoms with Crippen LogP contribution in [0.3, 0.4) is 0 Å². The van der Waals surface area contributed by atoms with Gasteiger partial charge in [0, 0.05) is 18.3 Å². The van der Waals surface area contributed by atoms with E-state index >= 15 is 0 Å². The molecular weight excluding hydrogens is 561 g/mol. The van der Waals surface area contributed by atoms with Crippen LogP contribution in [0.1, 0.15) is 98.9 Å². The lowest BCUT2D eigenvalue weighted by Crippen LogP contribution is -2.52. The number of nitrogens with one attached hydrogen (secondary N) is 1. The van der Waals surface area contributed by atoms with Gasteiger partial charge in [-0.15, -0.1) is 0 Å². The summed E-state index contributed by atoms with van der Waals surface area (Å²) in [5, 5.41) is 11.4. The third-order valence-corrected chi connectivity index (χ3v) is 8.99. The summed E-state index contributed by atoms with van der Waals surface area (Å²) in [7, 11) is 0. The van der Waals surface area contributed by atoms with E-state index < -0.39 is 41.2 Å². The standard InChI is InChI=1S/C32H37F3N4O4/c1-30(2,3)22-11-14-31(15-12-22)38-26(20-5-4-6-23(17-20)32(33,34)35)29(43)39(31)27(19-7-8-19)24-10-9-21(18-37-24)28(42)36-16-13-25(40)41/h4-6,9-10,17-19,22,27H,7-8,11-16H2,1-3H3,(H,36,42)(H,40,41)/t22?,27-,31?/m1/s1. The highest BCUT2D eigenvalue weighted by Crippen LogP contribution is 2.53. The van der Waals surface area contributed by atoms with Crippen molar-refractivity contribution in [3.8, 4) is 0 Å². The predicted molar refractivity (Wildman–Crippen MR) is 153 cm³/mol. The lowest BCUT2D eigenvalue weighted by atomic mass is 9.69. The molecule has 1 aromatic heterocycles. The molecule has 5 rings (SSSR count). The van der Waals surface area contributed by atoms with Gasteiger partial charge < -0.3 is 15.3 Å². The zero-order valence-corrected chi connectivity index (χ0v) is 24.6. The summed E-state index contributed by atoms with van der Waals surface area (Å²) in [5.41, 5.74) is -0.614. The van der Waals surface area contributed by atoms with Gasteiger partial charge in [-0.1, -0.05) is 32.9 Å². The smallest absolute Gasteiger partial charge is 0.416 e. The third-order valence-electron chi connectivity index (χ3n) is 8.99. The molecule has 2 aliphatic carbocycles. The average molecular weight is 599 g/mol. The molecule has 1 atom stereocenters. The third kappa shape index (κ3) is 6.45. The Balaban J connectivity index is 1.49. The topological polar surface area (TPSA) is 112 Å². The Morgan fingerprint density at radius 2 is 1.79 bits per heavy atom. The van der Waals surface area contributed by atoms with Crippen molar-refractivity contribution in [2.24, 2.45) is 22.2 Å². The number of carbonyl (C=O) groups excluding carboxylic acids is 2. The lowest BCUT2D eigenvalue weighted by molar-refractivity contribution is -0.138. The number of halogens is 3. The average Bonchev–Trinajstić information content (AvgIpc) is 3.75. The van der Waals surface area contributed by atoms with Crippen molar-refractivity contribution in [1.82, 2.24) is 15.2 Å². The van der Waals surface area contributed by atoms with Crippen molar-refractivity contribution >= 4 is 23.5 Å². The maximum absolute atomic E-state index is 14.3. The maximum atomic E-state index is 14.3. The van der Waals surface area contributed by atoms with Gasteiger partial charge in [0.15, 0.2) is 0 Å². The van der Waals surface area contributed by atoms with Crippen molar-refractivity contribution in [2.75, 3.05) is 6.54 Å². The number of carbonyl (C=O) groups is 3. The van der Waals surface area contributed by atoms with Crippen LogP contribution in [0.25, 0.3) is 0 Å². The van der Waals surface area contributed by atoms with Crippen LogP contribution in [0.15, 0.2) is 47.6 Å². The largest absolute Gasteiger partial charge is 0.481 e. The molecule has 2 saturated carbocycles. The van der Waals surface area contributed by atoms with E-state index in [0.717, 1.165) is 37.8 Å². The molecule has 2 aromatic rings. The number of alkyl halides is 3. The number of amides is 2. The first-order chi connectivity index (χ1) is 20.2. The molecule has 8 nitrogen and oxygen atoms in total. The Morgan fingerprint density at radius 3 is 2.35 bits per heavy atom. The first-order valence-electron chi connectivity index (χ1n) is 14.8. The van der Waals surface area contributed by atoms with Gasteiger partial charge in [-0.2, -0.15) is 13.2 Å². The number of hydrogen-bond donors (Lipinski definition) is 2. The molecule has 230 valence electrons. The Kier molecular flexibility index (Phi) is 8.13. The molecule has 1 aromatic carbocycles. The maximum Gasteiger partial charge on any atom is 0.416 e. The zero-order valence-electron chi connectivity index (χ0n) is 24.6. The highest BCUT2D eigenvalue weighted by molar-refractivity contribution is 6.46. The summed E-state index contributed by atoms with van der Waals surface area (Å²) in [5.74, 6) is -1.34. The van der Waals surface area contributed by atoms with Gasteiger partial charge in [-0.3, -0.25) is 24.4 Å². The van der Waals surface area contributed by atoms with Crippen LogP contribution in [0.2, 0.25) is 0 Å². The fourth-order valence-electron chi connectivity index (χ4n) is 6.42. The predicted octanol–water partition coefficient (Wildman–Crippen LogP) is 6.02. The Labute approximate surface area is 248 Å². The number of nitrogens with zero attached hydrogens (tertiary/aromatic N) is 3. The van der Waals surface area contributed by atoms with E-state index in [1.165, 1.54) is 18.3 Å². The molecule has 43 heavy (non-hydrogen) atoms. The molecule has 0 bridgehead atoms. The molecule has 2 N–H and O–H groups in total. The molecule has 2 fully saturated rings. The quantitative estimate of drug-likeness (QED) is 0.386. The summed E-state index contributed by atoms with van der Waals surface area (Å²) in [4.78, 5) is 48.9. The van der Waals surface area contributed by atoms with Gasteiger partial charge >= 0.3 is 12.1 Å². The minimum absolute atomic E-state index is 0.0172. The molecule has 2 heterocycles. The normalized spacial score (nSPS) is 23.3. The Morgan fingerprint density at radius 1 is 1.09 bits per heavy atom. The van der Waals surface area contributed by atoms with E-state index in [9.17, 15) is 27.6 Å². The van der Waals surface area contributed by atoms with E-state index in [-0.39, 0.29) is 41.1 Å². The van der Waals surface area contributed by atoms with Gasteiger partial charge in [0.25, 0.3) is 11.8 Å². The molecule has 0 radical (unpaired) electrons. The van der Waals surface area contributed by atoms with Crippen LogP contribution in [-0.4, -0.2) is 50.7 Å². The molecule has 1 aliphatic heterocycles. The number of aromatic nitrogens is 1. The summed E-state index contributed by atoms with van der Waals surface area (Å²) in [6.45, 7) is 6.57. The number of hydrogen-bond acceptors (Lipinski definition) is 5. The number of aliphatic imine (C=N–C) groups is 1. The van der Waals surface area contributed by atoms with Crippen LogP contribution in [0, 0.1) is 17.3 Å². The van der Waals surface area contributed by atoms with E-state index in [4.69, 9.17) is 10.1 Å². The summed E-state index contributed by atoms with van der Waals surface area (Å²) >= 11 is 0. The van der Waals surface area contributed by atoms with Crippen molar-refractivity contribution in [3.05, 3.63) is 65.0 Å². The minimum Gasteiger partial charge on any atom is -0.481 e. The van der Waals surface area contributed by atoms with Crippen molar-refractivity contribution in [3.63, 3.8) is 0 Å². The van der Waals surface area contributed by atoms with Gasteiger partial charge in [0.05, 0.1) is 29.3 Å². The Hall–Kier alpha value is -3.76. The summed E-state index contributed by atoms with van der Waals surface area (Å²) in [6, 6.07) is 7.66. The van der Waals surface area contributed by atoms with Gasteiger partial charge in [0.2, 0.25) is 0 Å². The van der Waals surface area contributed by atoms with E-state index in [0.29, 0.717) is 24.5 Å². The monoisotopic (exact) mass is 598 g/mol. The lowest BCUT2D eigenvalue weighted by Gasteiger charge is -2.47. The molecule has 1 spiro atoms. The first-order valence-corrected chi connectivity index (χ1v) is 14.8. The first kappa shape index (κ1) is 30.7. The molecule has 11 heteroatoms. The molecule has 2 amide bonds. The second-order valence-corrected chi connectivity index (χ2v) is 13.0. The van der Waals surface area contributed by atoms with Crippen molar-refractivity contribution < 1.29 is 32.7 Å². The van der Waals surface area contributed by atoms with Crippen LogP contribution < -0.4 is 5.32 Å². The number of benzene rings is 1. The second-order valence-electron chi connectivity index (χ2n) is 13.0. The van der Waals surface area contributed by atoms with Gasteiger partial charge in [-0.25, -0.2) is 0 Å². The molecular formula is C32H37F3N4O4. The zero-order chi connectivity index (χ0) is 31.2. The highest BCUT2D eigenvalue weighted by Gasteiger charge is 2.55. The van der Waals surface area contributed by atoms with Crippen molar-refractivity contribution in [1.29, 1.82) is 0 Å². The van der Waals surface area contributed by atoms with Crippen LogP contribution in [-0.2, 0) is 15.8 Å². The number of pyridine rings is 1. The van der Waals surface area contributed by atoms with Crippen LogP contribution in [0.4, 0.5) is 13.2 Å². The number of rotatable bonds is 8. The minimum atomic E-state index is -4.55. The van der Waals surface area contributed by atoms with Crippen LogP contribution >= 0.6 is 0 Å². The second kappa shape index (κ2) is 11.4. The molecule has 0 unspecified atom stereocenters. The highest BCUT2D eigenvalue weighted by atomic mass is 19.4. The number of aliphatic carboxylic acids is 1.